The summed E-state index contributed by atoms with van der Waals surface area (Å²) in [7, 11) is 0. The van der Waals surface area contributed by atoms with Gasteiger partial charge in [0.15, 0.2) is 0 Å². The van der Waals surface area contributed by atoms with Gasteiger partial charge in [-0.2, -0.15) is 0 Å². The zero-order valence-corrected chi connectivity index (χ0v) is 15.7. The highest BCUT2D eigenvalue weighted by molar-refractivity contribution is 8.00. The molecule has 0 saturated heterocycles. The first kappa shape index (κ1) is 18.3. The first-order valence-electron chi connectivity index (χ1n) is 8.03. The van der Waals surface area contributed by atoms with Crippen LogP contribution in [0.25, 0.3) is 0 Å². The lowest BCUT2D eigenvalue weighted by atomic mass is 10.1. The van der Waals surface area contributed by atoms with E-state index in [2.05, 4.69) is 5.32 Å². The largest absolute Gasteiger partial charge is 0.325 e. The van der Waals surface area contributed by atoms with Crippen molar-refractivity contribution in [3.05, 3.63) is 89.1 Å². The monoisotopic (exact) mass is 385 g/mol. The van der Waals surface area contributed by atoms with E-state index >= 15 is 0 Å². The van der Waals surface area contributed by atoms with Crippen molar-refractivity contribution < 1.29 is 14.7 Å². The third-order valence-corrected chi connectivity index (χ3v) is 5.52. The number of anilines is 1. The maximum absolute atomic E-state index is 13.0. The van der Waals surface area contributed by atoms with Crippen molar-refractivity contribution in [1.82, 2.24) is 0 Å². The van der Waals surface area contributed by atoms with E-state index in [1.165, 1.54) is 18.0 Å². The van der Waals surface area contributed by atoms with Crippen LogP contribution in [0.15, 0.2) is 78.0 Å². The molecule has 3 aromatic rings. The van der Waals surface area contributed by atoms with Gasteiger partial charge in [0.25, 0.3) is 5.03 Å². The Morgan fingerprint density at radius 3 is 2.54 bits per heavy atom. The third kappa shape index (κ3) is 4.36. The minimum atomic E-state index is -0.530. The summed E-state index contributed by atoms with van der Waals surface area (Å²) in [6.45, 7) is 1.91. The molecule has 1 aromatic heterocycles. The van der Waals surface area contributed by atoms with Gasteiger partial charge in [-0.15, -0.1) is 0 Å². The number of carbonyl (C=O) groups excluding carboxylic acids is 1. The van der Waals surface area contributed by atoms with Gasteiger partial charge in [-0.3, -0.25) is 10.0 Å². The molecule has 4 nitrogen and oxygen atoms in total. The Labute approximate surface area is 161 Å². The minimum absolute atomic E-state index is 0.190. The van der Waals surface area contributed by atoms with Crippen LogP contribution in [0.1, 0.15) is 16.4 Å². The highest BCUT2D eigenvalue weighted by Crippen LogP contribution is 2.34. The van der Waals surface area contributed by atoms with Crippen molar-refractivity contribution in [3.63, 3.8) is 0 Å². The van der Waals surface area contributed by atoms with E-state index < -0.39 is 5.25 Å². The first-order chi connectivity index (χ1) is 12.5. The summed E-state index contributed by atoms with van der Waals surface area (Å²) in [4.78, 5) is 13.0. The number of hydrogen-bond donors (Lipinski definition) is 2. The number of amides is 1. The van der Waals surface area contributed by atoms with E-state index in [0.717, 1.165) is 15.9 Å². The van der Waals surface area contributed by atoms with Crippen LogP contribution < -0.4 is 10.0 Å². The summed E-state index contributed by atoms with van der Waals surface area (Å²) >= 11 is 7.42. The molecule has 1 atom stereocenters. The van der Waals surface area contributed by atoms with E-state index in [0.29, 0.717) is 15.7 Å². The van der Waals surface area contributed by atoms with Crippen molar-refractivity contribution >= 4 is 35.0 Å². The number of hydrogen-bond acceptors (Lipinski definition) is 3. The van der Waals surface area contributed by atoms with Gasteiger partial charge in [-0.25, -0.2) is 0 Å². The number of carbonyl (C=O) groups is 1. The van der Waals surface area contributed by atoms with Crippen molar-refractivity contribution in [2.24, 2.45) is 0 Å². The van der Waals surface area contributed by atoms with Gasteiger partial charge < -0.3 is 5.32 Å². The minimum Gasteiger partial charge on any atom is -0.325 e. The van der Waals surface area contributed by atoms with E-state index in [9.17, 15) is 10.0 Å². The quantitative estimate of drug-likeness (QED) is 0.382. The lowest BCUT2D eigenvalue weighted by Crippen LogP contribution is -2.32. The highest BCUT2D eigenvalue weighted by Gasteiger charge is 2.26. The van der Waals surface area contributed by atoms with Gasteiger partial charge in [-0.05, 0) is 48.0 Å². The van der Waals surface area contributed by atoms with Crippen LogP contribution in [-0.2, 0) is 4.79 Å². The Balaban J connectivity index is 1.88. The number of rotatable bonds is 5. The third-order valence-electron chi connectivity index (χ3n) is 3.82. The molecule has 0 saturated carbocycles. The second-order valence-electron chi connectivity index (χ2n) is 5.75. The number of pyridine rings is 1. The van der Waals surface area contributed by atoms with Crippen LogP contribution in [0.3, 0.4) is 0 Å². The van der Waals surface area contributed by atoms with Crippen molar-refractivity contribution in [3.8, 4) is 0 Å². The maximum Gasteiger partial charge on any atom is 0.292 e. The smallest absolute Gasteiger partial charge is 0.292 e. The summed E-state index contributed by atoms with van der Waals surface area (Å²) in [6, 6.07) is 20.2. The number of thioether (sulfide) groups is 1. The van der Waals surface area contributed by atoms with Crippen molar-refractivity contribution in [1.29, 1.82) is 0 Å². The molecule has 0 fully saturated rings. The van der Waals surface area contributed by atoms with Crippen LogP contribution in [0, 0.1) is 6.92 Å². The Morgan fingerprint density at radius 1 is 1.12 bits per heavy atom. The predicted molar refractivity (Wildman–Crippen MR) is 104 cm³/mol. The lowest BCUT2D eigenvalue weighted by Gasteiger charge is -2.15. The van der Waals surface area contributed by atoms with E-state index in [-0.39, 0.29) is 5.91 Å². The summed E-state index contributed by atoms with van der Waals surface area (Å²) in [5, 5.41) is 13.5. The van der Waals surface area contributed by atoms with Gasteiger partial charge in [0.1, 0.15) is 5.25 Å². The fourth-order valence-electron chi connectivity index (χ4n) is 2.41. The van der Waals surface area contributed by atoms with E-state index in [1.54, 1.807) is 18.2 Å². The molecule has 26 heavy (non-hydrogen) atoms. The number of aromatic nitrogens is 1. The molecule has 0 radical (unpaired) electrons. The van der Waals surface area contributed by atoms with Crippen LogP contribution in [0.4, 0.5) is 5.69 Å². The second kappa shape index (κ2) is 8.25. The SMILES string of the molecule is Cc1ccc(NC(=O)C(Sc2cccc[n+]2O)c2ccccc2)cc1Cl. The molecular formula is C20H18ClN2O2S+. The summed E-state index contributed by atoms with van der Waals surface area (Å²) in [5.74, 6) is -0.190. The first-order valence-corrected chi connectivity index (χ1v) is 9.29. The maximum atomic E-state index is 13.0. The Morgan fingerprint density at radius 2 is 1.85 bits per heavy atom. The molecule has 0 spiro atoms. The van der Waals surface area contributed by atoms with E-state index in [1.807, 2.05) is 55.5 Å². The van der Waals surface area contributed by atoms with Gasteiger partial charge in [0, 0.05) is 27.6 Å². The van der Waals surface area contributed by atoms with Crippen LogP contribution in [-0.4, -0.2) is 11.1 Å². The number of nitrogens with one attached hydrogen (secondary N) is 1. The number of nitrogens with zero attached hydrogens (tertiary/aromatic N) is 1. The highest BCUT2D eigenvalue weighted by atomic mass is 35.5. The van der Waals surface area contributed by atoms with Gasteiger partial charge in [-0.1, -0.05) is 48.0 Å². The molecule has 132 valence electrons. The summed E-state index contributed by atoms with van der Waals surface area (Å²) < 4.78 is 1.01. The fourth-order valence-corrected chi connectivity index (χ4v) is 3.62. The molecule has 1 heterocycles. The molecule has 2 N–H and O–H groups in total. The normalized spacial score (nSPS) is 11.8. The number of aryl methyl sites for hydroxylation is 1. The Kier molecular flexibility index (Phi) is 5.81. The predicted octanol–water partition coefficient (Wildman–Crippen LogP) is 4.65. The Hall–Kier alpha value is -2.50. The fraction of sp³-hybridized carbons (Fsp3) is 0.100. The molecule has 2 aromatic carbocycles. The number of halogens is 1. The molecule has 0 aliphatic heterocycles. The van der Waals surface area contributed by atoms with E-state index in [4.69, 9.17) is 11.6 Å². The van der Waals surface area contributed by atoms with Crippen LogP contribution in [0.5, 0.6) is 0 Å². The molecule has 3 rings (SSSR count). The second-order valence-corrected chi connectivity index (χ2v) is 7.28. The molecule has 6 heteroatoms. The molecule has 1 amide bonds. The zero-order valence-electron chi connectivity index (χ0n) is 14.1. The van der Waals surface area contributed by atoms with Crippen molar-refractivity contribution in [2.75, 3.05) is 5.32 Å². The molecular weight excluding hydrogens is 368 g/mol. The average molecular weight is 386 g/mol. The molecule has 1 unspecified atom stereocenters. The van der Waals surface area contributed by atoms with Crippen LogP contribution >= 0.6 is 23.4 Å². The molecule has 0 bridgehead atoms. The molecule has 0 aliphatic carbocycles. The average Bonchev–Trinajstić information content (AvgIpc) is 2.64. The van der Waals surface area contributed by atoms with Crippen molar-refractivity contribution in [2.45, 2.75) is 17.2 Å². The standard InChI is InChI=1S/C20H17ClN2O2S/c1-14-10-11-16(13-17(14)21)22-20(24)19(15-7-3-2-4-8-15)26-18-9-5-6-12-23(18)25/h2-13,19H,1H3,(H-,22,24,25)/p+1. The Bertz CT molecular complexity index is 919. The zero-order chi connectivity index (χ0) is 18.5. The summed E-state index contributed by atoms with van der Waals surface area (Å²) in [5.41, 5.74) is 2.43. The van der Waals surface area contributed by atoms with Crippen LogP contribution in [0.2, 0.25) is 5.02 Å². The number of benzene rings is 2. The van der Waals surface area contributed by atoms with Gasteiger partial charge >= 0.3 is 0 Å². The topological polar surface area (TPSA) is 53.2 Å². The lowest BCUT2D eigenvalue weighted by molar-refractivity contribution is -0.932. The summed E-state index contributed by atoms with van der Waals surface area (Å²) in [6.07, 6.45) is 1.53. The van der Waals surface area contributed by atoms with Gasteiger partial charge in [0.05, 0.1) is 0 Å². The van der Waals surface area contributed by atoms with Gasteiger partial charge in [0.2, 0.25) is 12.1 Å². The molecule has 0 aliphatic rings.